The van der Waals surface area contributed by atoms with E-state index in [0.717, 1.165) is 48.8 Å². The van der Waals surface area contributed by atoms with Gasteiger partial charge in [0.15, 0.2) is 5.82 Å². The molecule has 1 aliphatic heterocycles. The molecule has 5 rings (SSSR count). The van der Waals surface area contributed by atoms with Crippen LogP contribution in [0.15, 0.2) is 42.6 Å². The highest BCUT2D eigenvalue weighted by Gasteiger charge is 2.26. The normalized spacial score (nSPS) is 16.4. The summed E-state index contributed by atoms with van der Waals surface area (Å²) in [5.41, 5.74) is 5.00. The minimum absolute atomic E-state index is 0.0471. The number of benzene rings is 1. The van der Waals surface area contributed by atoms with Gasteiger partial charge in [-0.3, -0.25) is 4.79 Å². The Kier molecular flexibility index (Phi) is 4.94. The Morgan fingerprint density at radius 1 is 0.967 bits per heavy atom. The monoisotopic (exact) mass is 402 g/mol. The Balaban J connectivity index is 1.27. The lowest BCUT2D eigenvalue weighted by molar-refractivity contribution is 0.0745. The first kappa shape index (κ1) is 18.8. The summed E-state index contributed by atoms with van der Waals surface area (Å²) in [4.78, 5) is 17.3. The molecule has 1 fully saturated rings. The van der Waals surface area contributed by atoms with E-state index in [1.807, 2.05) is 46.8 Å². The van der Waals surface area contributed by atoms with Gasteiger partial charge in [0.2, 0.25) is 0 Å². The molecule has 2 aliphatic rings. The summed E-state index contributed by atoms with van der Waals surface area (Å²) in [5.74, 6) is 0.988. The molecule has 1 aliphatic carbocycles. The van der Waals surface area contributed by atoms with Gasteiger partial charge >= 0.3 is 0 Å². The topological polar surface area (TPSA) is 67.2 Å². The fourth-order valence-corrected chi connectivity index (χ4v) is 4.39. The van der Waals surface area contributed by atoms with Crippen LogP contribution >= 0.6 is 0 Å². The molecule has 0 radical (unpaired) electrons. The van der Waals surface area contributed by atoms with E-state index in [9.17, 15) is 4.79 Å². The molecule has 1 saturated heterocycles. The number of aryl methyl sites for hydroxylation is 2. The summed E-state index contributed by atoms with van der Waals surface area (Å²) in [6.07, 6.45) is 6.27. The maximum atomic E-state index is 13.1. The first-order valence-electron chi connectivity index (χ1n) is 10.7. The van der Waals surface area contributed by atoms with E-state index in [0.29, 0.717) is 18.7 Å². The predicted octanol–water partition coefficient (Wildman–Crippen LogP) is 2.81. The van der Waals surface area contributed by atoms with Gasteiger partial charge in [-0.2, -0.15) is 10.2 Å². The lowest BCUT2D eigenvalue weighted by atomic mass is 9.97. The summed E-state index contributed by atoms with van der Waals surface area (Å²) in [7, 11) is 0. The molecule has 0 spiro atoms. The highest BCUT2D eigenvalue weighted by molar-refractivity contribution is 5.95. The fourth-order valence-electron chi connectivity index (χ4n) is 4.39. The number of carbonyl (C=O) groups excluding carboxylic acids is 1. The van der Waals surface area contributed by atoms with Gasteiger partial charge in [-0.15, -0.1) is 5.10 Å². The van der Waals surface area contributed by atoms with E-state index in [4.69, 9.17) is 0 Å². The summed E-state index contributed by atoms with van der Waals surface area (Å²) >= 11 is 0. The Bertz CT molecular complexity index is 1050. The van der Waals surface area contributed by atoms with Crippen LogP contribution in [-0.2, 0) is 12.8 Å². The average Bonchev–Trinajstić information content (AvgIpc) is 3.20. The van der Waals surface area contributed by atoms with Crippen molar-refractivity contribution in [3.63, 3.8) is 0 Å². The molecule has 0 atom stereocenters. The summed E-state index contributed by atoms with van der Waals surface area (Å²) in [6, 6.07) is 12.1. The molecule has 1 amide bonds. The number of rotatable bonds is 3. The zero-order valence-electron chi connectivity index (χ0n) is 17.3. The van der Waals surface area contributed by atoms with E-state index in [1.165, 1.54) is 18.4 Å². The van der Waals surface area contributed by atoms with Crippen molar-refractivity contribution in [3.05, 3.63) is 65.1 Å². The Labute approximate surface area is 176 Å². The van der Waals surface area contributed by atoms with Crippen LogP contribution in [0.25, 0.3) is 5.69 Å². The lowest BCUT2D eigenvalue weighted by Crippen LogP contribution is -2.49. The van der Waals surface area contributed by atoms with E-state index in [-0.39, 0.29) is 5.91 Å². The number of anilines is 1. The Morgan fingerprint density at radius 2 is 1.73 bits per heavy atom. The van der Waals surface area contributed by atoms with Crippen LogP contribution in [-0.4, -0.2) is 57.0 Å². The molecule has 3 heterocycles. The van der Waals surface area contributed by atoms with E-state index in [2.05, 4.69) is 26.3 Å². The van der Waals surface area contributed by atoms with Crippen LogP contribution in [0.1, 0.15) is 40.2 Å². The van der Waals surface area contributed by atoms with Crippen LogP contribution in [0.5, 0.6) is 0 Å². The Hall–Kier alpha value is -3.22. The van der Waals surface area contributed by atoms with Gasteiger partial charge in [0.05, 0.1) is 28.8 Å². The largest absolute Gasteiger partial charge is 0.352 e. The summed E-state index contributed by atoms with van der Waals surface area (Å²) < 4.78 is 1.83. The molecular formula is C23H26N6O. The molecular weight excluding hydrogens is 376 g/mol. The van der Waals surface area contributed by atoms with Crippen molar-refractivity contribution in [2.45, 2.75) is 32.6 Å². The second kappa shape index (κ2) is 7.89. The number of para-hydroxylation sites is 1. The molecule has 0 N–H and O–H groups in total. The zero-order chi connectivity index (χ0) is 20.5. The van der Waals surface area contributed by atoms with Crippen molar-refractivity contribution in [1.82, 2.24) is 24.9 Å². The maximum Gasteiger partial charge on any atom is 0.257 e. The number of piperazine rings is 1. The van der Waals surface area contributed by atoms with Gasteiger partial charge in [0.25, 0.3) is 5.91 Å². The molecule has 0 bridgehead atoms. The predicted molar refractivity (Wildman–Crippen MR) is 115 cm³/mol. The SMILES string of the molecule is Cc1c(C(=O)N2CCN(c3cc4c(nn3)CCCC4)CC2)cnn1-c1ccccc1. The van der Waals surface area contributed by atoms with Gasteiger partial charge in [-0.25, -0.2) is 4.68 Å². The Morgan fingerprint density at radius 3 is 2.53 bits per heavy atom. The lowest BCUT2D eigenvalue weighted by Gasteiger charge is -2.35. The van der Waals surface area contributed by atoms with Crippen molar-refractivity contribution in [1.29, 1.82) is 0 Å². The third-order valence-corrected chi connectivity index (χ3v) is 6.19. The average molecular weight is 403 g/mol. The van der Waals surface area contributed by atoms with Crippen molar-refractivity contribution in [2.75, 3.05) is 31.1 Å². The number of hydrogen-bond donors (Lipinski definition) is 0. The van der Waals surface area contributed by atoms with Crippen molar-refractivity contribution >= 4 is 11.7 Å². The molecule has 1 aromatic carbocycles. The van der Waals surface area contributed by atoms with Gasteiger partial charge < -0.3 is 9.80 Å². The molecule has 7 nitrogen and oxygen atoms in total. The zero-order valence-corrected chi connectivity index (χ0v) is 17.3. The first-order chi connectivity index (χ1) is 14.7. The second-order valence-corrected chi connectivity index (χ2v) is 8.05. The van der Waals surface area contributed by atoms with Crippen LogP contribution in [0, 0.1) is 6.92 Å². The third kappa shape index (κ3) is 3.44. The van der Waals surface area contributed by atoms with Gasteiger partial charge in [0.1, 0.15) is 0 Å². The maximum absolute atomic E-state index is 13.1. The second-order valence-electron chi connectivity index (χ2n) is 8.05. The molecule has 154 valence electrons. The number of carbonyl (C=O) groups is 1. The molecule has 30 heavy (non-hydrogen) atoms. The van der Waals surface area contributed by atoms with Gasteiger partial charge in [-0.1, -0.05) is 18.2 Å². The molecule has 3 aromatic rings. The van der Waals surface area contributed by atoms with E-state index < -0.39 is 0 Å². The highest BCUT2D eigenvalue weighted by Crippen LogP contribution is 2.23. The van der Waals surface area contributed by atoms with E-state index >= 15 is 0 Å². The number of amides is 1. The van der Waals surface area contributed by atoms with Crippen molar-refractivity contribution in [2.24, 2.45) is 0 Å². The van der Waals surface area contributed by atoms with Crippen LogP contribution in [0.4, 0.5) is 5.82 Å². The summed E-state index contributed by atoms with van der Waals surface area (Å²) in [5, 5.41) is 13.4. The van der Waals surface area contributed by atoms with Gasteiger partial charge in [0, 0.05) is 26.2 Å². The minimum Gasteiger partial charge on any atom is -0.352 e. The van der Waals surface area contributed by atoms with Crippen LogP contribution < -0.4 is 4.90 Å². The van der Waals surface area contributed by atoms with Gasteiger partial charge in [-0.05, 0) is 56.4 Å². The molecule has 2 aromatic heterocycles. The number of hydrogen-bond acceptors (Lipinski definition) is 5. The summed E-state index contributed by atoms with van der Waals surface area (Å²) in [6.45, 7) is 4.84. The first-order valence-corrected chi connectivity index (χ1v) is 10.7. The molecule has 0 unspecified atom stereocenters. The number of aromatic nitrogens is 4. The van der Waals surface area contributed by atoms with Crippen molar-refractivity contribution < 1.29 is 4.79 Å². The smallest absolute Gasteiger partial charge is 0.257 e. The molecule has 7 heteroatoms. The highest BCUT2D eigenvalue weighted by atomic mass is 16.2. The van der Waals surface area contributed by atoms with E-state index in [1.54, 1.807) is 6.20 Å². The van der Waals surface area contributed by atoms with Crippen molar-refractivity contribution in [3.8, 4) is 5.69 Å². The van der Waals surface area contributed by atoms with Crippen LogP contribution in [0.3, 0.4) is 0 Å². The molecule has 0 saturated carbocycles. The standard InChI is InChI=1S/C23H26N6O/c1-17-20(16-24-29(17)19-8-3-2-4-9-19)23(30)28-13-11-27(12-14-28)22-15-18-7-5-6-10-21(18)25-26-22/h2-4,8-9,15-16H,5-7,10-14H2,1H3. The number of fused-ring (bicyclic) bond motifs is 1. The number of nitrogens with zero attached hydrogens (tertiary/aromatic N) is 6. The van der Waals surface area contributed by atoms with Crippen LogP contribution in [0.2, 0.25) is 0 Å². The fraction of sp³-hybridized carbons (Fsp3) is 0.391. The quantitative estimate of drug-likeness (QED) is 0.674. The minimum atomic E-state index is 0.0471. The third-order valence-electron chi connectivity index (χ3n) is 6.19.